The van der Waals surface area contributed by atoms with Crippen molar-refractivity contribution in [2.24, 2.45) is 0 Å². The van der Waals surface area contributed by atoms with Gasteiger partial charge in [-0.25, -0.2) is 4.39 Å². The summed E-state index contributed by atoms with van der Waals surface area (Å²) in [5, 5.41) is 0.383. The minimum atomic E-state index is -0.278. The fraction of sp³-hybridized carbons (Fsp3) is 0.0714. The van der Waals surface area contributed by atoms with Crippen LogP contribution in [0.4, 0.5) is 4.39 Å². The Bertz CT molecular complexity index is 493. The van der Waals surface area contributed by atoms with E-state index in [-0.39, 0.29) is 5.82 Å². The van der Waals surface area contributed by atoms with Crippen molar-refractivity contribution in [1.82, 2.24) is 0 Å². The molecule has 0 aliphatic rings. The molecule has 0 N–H and O–H groups in total. The molecule has 17 heavy (non-hydrogen) atoms. The first-order valence-corrected chi connectivity index (χ1v) is 5.63. The number of ether oxygens (including phenoxy) is 1. The summed E-state index contributed by atoms with van der Waals surface area (Å²) in [6, 6.07) is 15.7. The highest BCUT2D eigenvalue weighted by Gasteiger charge is 2.02. The van der Waals surface area contributed by atoms with E-state index in [1.165, 1.54) is 12.1 Å². The van der Waals surface area contributed by atoms with E-state index in [9.17, 15) is 4.39 Å². The summed E-state index contributed by atoms with van der Waals surface area (Å²) in [6.07, 6.45) is 0. The molecule has 0 aliphatic heterocycles. The van der Waals surface area contributed by atoms with Crippen LogP contribution in [0.25, 0.3) is 0 Å². The van der Waals surface area contributed by atoms with Gasteiger partial charge in [0.1, 0.15) is 12.4 Å². The molecule has 0 heterocycles. The van der Waals surface area contributed by atoms with Crippen molar-refractivity contribution in [2.45, 2.75) is 6.61 Å². The molecule has 0 fully saturated rings. The molecule has 0 bridgehead atoms. The van der Waals surface area contributed by atoms with Crippen molar-refractivity contribution >= 4 is 17.3 Å². The first-order valence-electron chi connectivity index (χ1n) is 5.22. The van der Waals surface area contributed by atoms with E-state index in [2.05, 4.69) is 0 Å². The zero-order valence-corrected chi connectivity index (χ0v) is 9.91. The number of hydrogen-bond donors (Lipinski definition) is 0. The first-order chi connectivity index (χ1) is 8.25. The second-order valence-electron chi connectivity index (χ2n) is 3.57. The largest absolute Gasteiger partial charge is 0.478 e. The van der Waals surface area contributed by atoms with Gasteiger partial charge >= 0.3 is 0 Å². The van der Waals surface area contributed by atoms with Gasteiger partial charge in [-0.3, -0.25) is 0 Å². The number of halogens is 1. The molecular weight excluding hydrogens is 235 g/mol. The second-order valence-corrected chi connectivity index (χ2v) is 3.94. The van der Waals surface area contributed by atoms with Gasteiger partial charge in [-0.15, -0.1) is 0 Å². The van der Waals surface area contributed by atoms with E-state index in [0.717, 1.165) is 11.1 Å². The molecule has 2 aromatic carbocycles. The fourth-order valence-electron chi connectivity index (χ4n) is 1.39. The summed E-state index contributed by atoms with van der Waals surface area (Å²) in [5.41, 5.74) is 1.77. The molecular formula is C14H11FOS. The van der Waals surface area contributed by atoms with Crippen LogP contribution in [0.15, 0.2) is 54.6 Å². The van der Waals surface area contributed by atoms with Gasteiger partial charge in [0.2, 0.25) is 0 Å². The standard InChI is InChI=1S/C14H11FOS/c15-13-8-6-12(7-9-13)14(17)16-10-11-4-2-1-3-5-11/h1-9H,10H2. The molecule has 0 aliphatic carbocycles. The van der Waals surface area contributed by atoms with Crippen LogP contribution in [0.2, 0.25) is 0 Å². The van der Waals surface area contributed by atoms with Gasteiger partial charge in [0.05, 0.1) is 0 Å². The van der Waals surface area contributed by atoms with Crippen LogP contribution >= 0.6 is 12.2 Å². The topological polar surface area (TPSA) is 9.23 Å². The average Bonchev–Trinajstić information content (AvgIpc) is 2.38. The van der Waals surface area contributed by atoms with Crippen molar-refractivity contribution in [3.63, 3.8) is 0 Å². The molecule has 0 aromatic heterocycles. The second kappa shape index (κ2) is 5.55. The van der Waals surface area contributed by atoms with Gasteiger partial charge < -0.3 is 4.74 Å². The van der Waals surface area contributed by atoms with E-state index in [1.54, 1.807) is 12.1 Å². The number of rotatable bonds is 3. The molecule has 0 saturated carbocycles. The predicted molar refractivity (Wildman–Crippen MR) is 69.3 cm³/mol. The monoisotopic (exact) mass is 246 g/mol. The lowest BCUT2D eigenvalue weighted by Crippen LogP contribution is -2.03. The van der Waals surface area contributed by atoms with Gasteiger partial charge in [-0.2, -0.15) is 0 Å². The molecule has 0 saturated heterocycles. The van der Waals surface area contributed by atoms with Crippen LogP contribution in [0, 0.1) is 5.82 Å². The van der Waals surface area contributed by atoms with E-state index < -0.39 is 0 Å². The van der Waals surface area contributed by atoms with Gasteiger partial charge in [-0.1, -0.05) is 30.3 Å². The fourth-order valence-corrected chi connectivity index (χ4v) is 1.59. The summed E-state index contributed by atoms with van der Waals surface area (Å²) in [5.74, 6) is -0.278. The maximum Gasteiger partial charge on any atom is 0.191 e. The summed E-state index contributed by atoms with van der Waals surface area (Å²) in [6.45, 7) is 0.428. The van der Waals surface area contributed by atoms with Crippen molar-refractivity contribution in [3.8, 4) is 0 Å². The highest BCUT2D eigenvalue weighted by atomic mass is 32.1. The van der Waals surface area contributed by atoms with Crippen LogP contribution in [0.3, 0.4) is 0 Å². The molecule has 2 rings (SSSR count). The Hall–Kier alpha value is -1.74. The number of benzene rings is 2. The van der Waals surface area contributed by atoms with Crippen LogP contribution in [-0.2, 0) is 11.3 Å². The van der Waals surface area contributed by atoms with Crippen molar-refractivity contribution in [3.05, 3.63) is 71.5 Å². The lowest BCUT2D eigenvalue weighted by Gasteiger charge is -2.07. The quantitative estimate of drug-likeness (QED) is 0.763. The highest BCUT2D eigenvalue weighted by Crippen LogP contribution is 2.08. The molecule has 2 aromatic rings. The SMILES string of the molecule is Fc1ccc(C(=S)OCc2ccccc2)cc1. The molecule has 0 radical (unpaired) electrons. The average molecular weight is 246 g/mol. The molecule has 0 amide bonds. The smallest absolute Gasteiger partial charge is 0.191 e. The summed E-state index contributed by atoms with van der Waals surface area (Å²) in [4.78, 5) is 0. The van der Waals surface area contributed by atoms with E-state index in [4.69, 9.17) is 17.0 Å². The Balaban J connectivity index is 1.96. The van der Waals surface area contributed by atoms with Crippen molar-refractivity contribution < 1.29 is 9.13 Å². The molecule has 3 heteroatoms. The molecule has 86 valence electrons. The van der Waals surface area contributed by atoms with Crippen molar-refractivity contribution in [1.29, 1.82) is 0 Å². The van der Waals surface area contributed by atoms with Crippen LogP contribution in [0.1, 0.15) is 11.1 Å². The Morgan fingerprint density at radius 1 is 1.00 bits per heavy atom. The first kappa shape index (κ1) is 11.7. The minimum absolute atomic E-state index is 0.278. The third-order valence-electron chi connectivity index (χ3n) is 2.29. The number of hydrogen-bond acceptors (Lipinski definition) is 2. The highest BCUT2D eigenvalue weighted by molar-refractivity contribution is 7.80. The summed E-state index contributed by atoms with van der Waals surface area (Å²) < 4.78 is 18.2. The zero-order chi connectivity index (χ0) is 12.1. The van der Waals surface area contributed by atoms with E-state index in [0.29, 0.717) is 11.7 Å². The molecule has 1 nitrogen and oxygen atoms in total. The molecule has 0 unspecified atom stereocenters. The van der Waals surface area contributed by atoms with Gasteiger partial charge in [0, 0.05) is 5.56 Å². The number of thiocarbonyl (C=S) groups is 1. The van der Waals surface area contributed by atoms with Crippen LogP contribution in [-0.4, -0.2) is 5.05 Å². The summed E-state index contributed by atoms with van der Waals surface area (Å²) >= 11 is 5.12. The van der Waals surface area contributed by atoms with E-state index in [1.807, 2.05) is 30.3 Å². The molecule has 0 atom stereocenters. The Labute approximate surface area is 105 Å². The Morgan fingerprint density at radius 3 is 2.29 bits per heavy atom. The minimum Gasteiger partial charge on any atom is -0.478 e. The lowest BCUT2D eigenvalue weighted by atomic mass is 10.2. The van der Waals surface area contributed by atoms with Crippen LogP contribution in [0.5, 0.6) is 0 Å². The molecule has 0 spiro atoms. The van der Waals surface area contributed by atoms with Crippen molar-refractivity contribution in [2.75, 3.05) is 0 Å². The summed E-state index contributed by atoms with van der Waals surface area (Å²) in [7, 11) is 0. The lowest BCUT2D eigenvalue weighted by molar-refractivity contribution is 0.302. The van der Waals surface area contributed by atoms with E-state index >= 15 is 0 Å². The Kier molecular flexibility index (Phi) is 3.83. The van der Waals surface area contributed by atoms with Gasteiger partial charge in [-0.05, 0) is 42.0 Å². The third-order valence-corrected chi connectivity index (χ3v) is 2.65. The normalized spacial score (nSPS) is 9.94. The maximum atomic E-state index is 12.7. The van der Waals surface area contributed by atoms with Crippen LogP contribution < -0.4 is 0 Å². The van der Waals surface area contributed by atoms with Gasteiger partial charge in [0.25, 0.3) is 0 Å². The Morgan fingerprint density at radius 2 is 1.65 bits per heavy atom. The predicted octanol–water partition coefficient (Wildman–Crippen LogP) is 3.72. The zero-order valence-electron chi connectivity index (χ0n) is 9.10. The third kappa shape index (κ3) is 3.36. The van der Waals surface area contributed by atoms with Gasteiger partial charge in [0.15, 0.2) is 5.05 Å². The maximum absolute atomic E-state index is 12.7.